The quantitative estimate of drug-likeness (QED) is 0.478. The molecule has 0 N–H and O–H groups in total. The Morgan fingerprint density at radius 2 is 1.61 bits per heavy atom. The summed E-state index contributed by atoms with van der Waals surface area (Å²) in [5.41, 5.74) is 4.01. The molecule has 0 atom stereocenters. The number of rotatable bonds is 4. The second kappa shape index (κ2) is 8.61. The van der Waals surface area contributed by atoms with Crippen LogP contribution in [0.2, 0.25) is 0 Å². The molecule has 8 heteroatoms. The predicted molar refractivity (Wildman–Crippen MR) is 125 cm³/mol. The number of anilines is 1. The Labute approximate surface area is 191 Å². The maximum absolute atomic E-state index is 13.5. The van der Waals surface area contributed by atoms with Gasteiger partial charge >= 0.3 is 0 Å². The summed E-state index contributed by atoms with van der Waals surface area (Å²) < 4.78 is 15.4. The number of benzene rings is 1. The average molecular weight is 445 g/mol. The first-order chi connectivity index (χ1) is 16.0. The number of piperazine rings is 1. The smallest absolute Gasteiger partial charge is 0.225 e. The Morgan fingerprint density at radius 3 is 2.27 bits per heavy atom. The summed E-state index contributed by atoms with van der Waals surface area (Å²) in [6.45, 7) is 6.67. The molecule has 0 unspecified atom stereocenters. The summed E-state index contributed by atoms with van der Waals surface area (Å²) in [7, 11) is 0. The number of nitrogens with zero attached hydrogens (tertiary/aromatic N) is 6. The van der Waals surface area contributed by atoms with Gasteiger partial charge in [-0.3, -0.25) is 9.78 Å². The van der Waals surface area contributed by atoms with E-state index in [0.717, 1.165) is 41.4 Å². The Balaban J connectivity index is 1.54. The summed E-state index contributed by atoms with van der Waals surface area (Å²) in [5, 5.41) is 4.93. The molecule has 0 saturated carbocycles. The van der Waals surface area contributed by atoms with Crippen LogP contribution in [0.5, 0.6) is 0 Å². The molecular formula is C25H25FN6O. The number of halogens is 1. The van der Waals surface area contributed by atoms with Crippen LogP contribution in [-0.4, -0.2) is 56.6 Å². The number of hydrogen-bond acceptors (Lipinski definition) is 5. The van der Waals surface area contributed by atoms with Gasteiger partial charge in [-0.1, -0.05) is 13.8 Å². The molecule has 1 fully saturated rings. The number of aromatic nitrogens is 4. The van der Waals surface area contributed by atoms with Crippen LogP contribution in [0.1, 0.15) is 13.8 Å². The van der Waals surface area contributed by atoms with Crippen molar-refractivity contribution in [1.29, 1.82) is 0 Å². The van der Waals surface area contributed by atoms with Crippen molar-refractivity contribution in [2.24, 2.45) is 5.92 Å². The Bertz CT molecular complexity index is 1280. The molecule has 0 aliphatic carbocycles. The molecule has 4 heterocycles. The minimum absolute atomic E-state index is 0.00442. The van der Waals surface area contributed by atoms with E-state index in [1.807, 2.05) is 47.5 Å². The van der Waals surface area contributed by atoms with Gasteiger partial charge in [-0.05, 0) is 48.5 Å². The molecule has 0 radical (unpaired) electrons. The maximum Gasteiger partial charge on any atom is 0.225 e. The van der Waals surface area contributed by atoms with E-state index in [1.54, 1.807) is 24.5 Å². The first-order valence-electron chi connectivity index (χ1n) is 11.1. The van der Waals surface area contributed by atoms with E-state index in [1.165, 1.54) is 12.1 Å². The topological polar surface area (TPSA) is 66.6 Å². The van der Waals surface area contributed by atoms with Crippen molar-refractivity contribution < 1.29 is 9.18 Å². The van der Waals surface area contributed by atoms with Gasteiger partial charge in [0.25, 0.3) is 0 Å². The van der Waals surface area contributed by atoms with E-state index in [2.05, 4.69) is 9.88 Å². The second-order valence-corrected chi connectivity index (χ2v) is 8.48. The first kappa shape index (κ1) is 21.1. The standard InChI is InChI=1S/C25H25FN6O/c1-17(2)25(33)31-15-13-30(14-16-31)22-8-7-21-28-23(18-3-5-20(26)6-4-18)24(32(21)29-22)19-9-11-27-12-10-19/h3-12,17H,13-16H2,1-2H3. The molecule has 0 bridgehead atoms. The molecule has 3 aromatic heterocycles. The van der Waals surface area contributed by atoms with E-state index < -0.39 is 0 Å². The van der Waals surface area contributed by atoms with Crippen LogP contribution in [0.15, 0.2) is 60.9 Å². The fourth-order valence-electron chi connectivity index (χ4n) is 4.19. The van der Waals surface area contributed by atoms with Gasteiger partial charge in [0.15, 0.2) is 5.65 Å². The number of amides is 1. The molecule has 1 aliphatic heterocycles. The zero-order chi connectivity index (χ0) is 22.9. The zero-order valence-corrected chi connectivity index (χ0v) is 18.6. The SMILES string of the molecule is CC(C)C(=O)N1CCN(c2ccc3nc(-c4ccc(F)cc4)c(-c4ccncc4)n3n2)CC1. The van der Waals surface area contributed by atoms with Gasteiger partial charge in [-0.15, -0.1) is 5.10 Å². The van der Waals surface area contributed by atoms with Crippen molar-refractivity contribution >= 4 is 17.4 Å². The summed E-state index contributed by atoms with van der Waals surface area (Å²) in [5.74, 6) is 0.738. The molecule has 1 amide bonds. The van der Waals surface area contributed by atoms with Crippen molar-refractivity contribution in [2.75, 3.05) is 31.1 Å². The molecule has 4 aromatic rings. The highest BCUT2D eigenvalue weighted by Gasteiger charge is 2.24. The van der Waals surface area contributed by atoms with E-state index in [-0.39, 0.29) is 17.6 Å². The van der Waals surface area contributed by atoms with Crippen molar-refractivity contribution in [3.05, 3.63) is 66.7 Å². The van der Waals surface area contributed by atoms with Gasteiger partial charge in [0.05, 0.1) is 5.69 Å². The van der Waals surface area contributed by atoms with Crippen LogP contribution < -0.4 is 4.90 Å². The summed E-state index contributed by atoms with van der Waals surface area (Å²) in [6, 6.07) is 14.1. The molecule has 1 aromatic carbocycles. The number of hydrogen-bond donors (Lipinski definition) is 0. The van der Waals surface area contributed by atoms with Gasteiger partial charge in [-0.25, -0.2) is 13.9 Å². The fraction of sp³-hybridized carbons (Fsp3) is 0.280. The normalized spacial score (nSPS) is 14.3. The molecule has 168 valence electrons. The van der Waals surface area contributed by atoms with Crippen LogP contribution >= 0.6 is 0 Å². The first-order valence-corrected chi connectivity index (χ1v) is 11.1. The Morgan fingerprint density at radius 1 is 0.909 bits per heavy atom. The van der Waals surface area contributed by atoms with Crippen molar-refractivity contribution in [1.82, 2.24) is 24.5 Å². The summed E-state index contributed by atoms with van der Waals surface area (Å²) in [4.78, 5) is 25.4. The number of carbonyl (C=O) groups excluding carboxylic acids is 1. The van der Waals surface area contributed by atoms with Crippen LogP contribution in [0.4, 0.5) is 10.2 Å². The average Bonchev–Trinajstić information content (AvgIpc) is 3.23. The predicted octanol–water partition coefficient (Wildman–Crippen LogP) is 3.90. The van der Waals surface area contributed by atoms with E-state index in [4.69, 9.17) is 10.1 Å². The minimum atomic E-state index is -0.288. The highest BCUT2D eigenvalue weighted by atomic mass is 19.1. The zero-order valence-electron chi connectivity index (χ0n) is 18.6. The molecule has 0 spiro atoms. The molecular weight excluding hydrogens is 419 g/mol. The Hall–Kier alpha value is -3.81. The monoisotopic (exact) mass is 444 g/mol. The third-order valence-electron chi connectivity index (χ3n) is 5.94. The lowest BCUT2D eigenvalue weighted by molar-refractivity contribution is -0.134. The van der Waals surface area contributed by atoms with Crippen LogP contribution in [0, 0.1) is 11.7 Å². The van der Waals surface area contributed by atoms with Crippen LogP contribution in [-0.2, 0) is 4.79 Å². The molecule has 1 saturated heterocycles. The third kappa shape index (κ3) is 4.04. The van der Waals surface area contributed by atoms with Gasteiger partial charge in [0.2, 0.25) is 5.91 Å². The lowest BCUT2D eigenvalue weighted by Gasteiger charge is -2.36. The largest absolute Gasteiger partial charge is 0.352 e. The summed E-state index contributed by atoms with van der Waals surface area (Å²) >= 11 is 0. The highest BCUT2D eigenvalue weighted by molar-refractivity contribution is 5.81. The molecule has 1 aliphatic rings. The summed E-state index contributed by atoms with van der Waals surface area (Å²) in [6.07, 6.45) is 3.47. The van der Waals surface area contributed by atoms with Gasteiger partial charge in [-0.2, -0.15) is 0 Å². The van der Waals surface area contributed by atoms with Crippen molar-refractivity contribution in [2.45, 2.75) is 13.8 Å². The van der Waals surface area contributed by atoms with E-state index >= 15 is 0 Å². The number of pyridine rings is 1. The van der Waals surface area contributed by atoms with Gasteiger partial charge in [0.1, 0.15) is 17.3 Å². The van der Waals surface area contributed by atoms with Gasteiger partial charge < -0.3 is 9.80 Å². The highest BCUT2D eigenvalue weighted by Crippen LogP contribution is 2.33. The fourth-order valence-corrected chi connectivity index (χ4v) is 4.19. The van der Waals surface area contributed by atoms with Crippen molar-refractivity contribution in [3.8, 4) is 22.5 Å². The lowest BCUT2D eigenvalue weighted by Crippen LogP contribution is -2.50. The minimum Gasteiger partial charge on any atom is -0.352 e. The molecule has 7 nitrogen and oxygen atoms in total. The Kier molecular flexibility index (Phi) is 5.50. The maximum atomic E-state index is 13.5. The molecule has 33 heavy (non-hydrogen) atoms. The molecule has 5 rings (SSSR count). The number of fused-ring (bicyclic) bond motifs is 1. The number of carbonyl (C=O) groups is 1. The number of imidazole rings is 1. The second-order valence-electron chi connectivity index (χ2n) is 8.48. The van der Waals surface area contributed by atoms with Crippen LogP contribution in [0.3, 0.4) is 0 Å². The van der Waals surface area contributed by atoms with E-state index in [0.29, 0.717) is 18.7 Å². The lowest BCUT2D eigenvalue weighted by atomic mass is 10.1. The van der Waals surface area contributed by atoms with Gasteiger partial charge in [0, 0.05) is 55.6 Å². The van der Waals surface area contributed by atoms with Crippen LogP contribution in [0.25, 0.3) is 28.2 Å². The van der Waals surface area contributed by atoms with Crippen molar-refractivity contribution in [3.63, 3.8) is 0 Å². The third-order valence-corrected chi connectivity index (χ3v) is 5.94. The van der Waals surface area contributed by atoms with E-state index in [9.17, 15) is 9.18 Å².